The van der Waals surface area contributed by atoms with E-state index < -0.39 is 0 Å². The predicted octanol–water partition coefficient (Wildman–Crippen LogP) is 3.13. The van der Waals surface area contributed by atoms with Crippen molar-refractivity contribution in [2.75, 3.05) is 18.0 Å². The Bertz CT molecular complexity index is 966. The number of nitrogens with one attached hydrogen (secondary N) is 1. The minimum atomic E-state index is -0.171. The molecule has 1 amide bonds. The summed E-state index contributed by atoms with van der Waals surface area (Å²) in [5.41, 5.74) is 1.95. The number of rotatable bonds is 4. The van der Waals surface area contributed by atoms with Crippen LogP contribution in [0.3, 0.4) is 0 Å². The molecule has 1 N–H and O–H groups in total. The lowest BCUT2D eigenvalue weighted by molar-refractivity contribution is 0.0925. The van der Waals surface area contributed by atoms with Crippen molar-refractivity contribution in [1.82, 2.24) is 25.3 Å². The number of hydrogen-bond acceptors (Lipinski definition) is 5. The molecule has 0 aliphatic carbocycles. The Morgan fingerprint density at radius 3 is 2.71 bits per heavy atom. The number of aromatic nitrogens is 4. The lowest BCUT2D eigenvalue weighted by Crippen LogP contribution is -2.45. The largest absolute Gasteiger partial charge is 0.356 e. The molecule has 0 saturated carbocycles. The average molecular weight is 441 g/mol. The number of anilines is 1. The topological polar surface area (TPSA) is 75.9 Å². The van der Waals surface area contributed by atoms with Gasteiger partial charge in [0.05, 0.1) is 11.4 Å². The van der Waals surface area contributed by atoms with Crippen LogP contribution in [0.5, 0.6) is 0 Å². The van der Waals surface area contributed by atoms with Crippen molar-refractivity contribution < 1.29 is 4.79 Å². The van der Waals surface area contributed by atoms with Crippen LogP contribution in [0.1, 0.15) is 29.0 Å². The molecule has 1 saturated heterocycles. The molecule has 3 heterocycles. The zero-order valence-corrected chi connectivity index (χ0v) is 17.1. The van der Waals surface area contributed by atoms with Crippen LogP contribution in [0.15, 0.2) is 53.1 Å². The highest BCUT2D eigenvalue weighted by Gasteiger charge is 2.24. The fraction of sp³-hybridized carbons (Fsp3) is 0.300. The van der Waals surface area contributed by atoms with Crippen LogP contribution >= 0.6 is 15.9 Å². The van der Waals surface area contributed by atoms with E-state index in [0.717, 1.165) is 47.6 Å². The Morgan fingerprint density at radius 2 is 2.00 bits per heavy atom. The molecule has 3 aromatic rings. The number of carbonyl (C=O) groups excluding carboxylic acids is 1. The van der Waals surface area contributed by atoms with Gasteiger partial charge in [-0.1, -0.05) is 33.3 Å². The SMILES string of the molecule is Cc1c(C(=O)NC2CCN(c3ccccn3)CC2)nnn1-c1cccc(Br)c1. The van der Waals surface area contributed by atoms with E-state index in [4.69, 9.17) is 0 Å². The molecule has 7 nitrogen and oxygen atoms in total. The normalized spacial score (nSPS) is 14.9. The summed E-state index contributed by atoms with van der Waals surface area (Å²) in [6, 6.07) is 13.8. The minimum Gasteiger partial charge on any atom is -0.356 e. The number of benzene rings is 1. The summed E-state index contributed by atoms with van der Waals surface area (Å²) in [5, 5.41) is 11.4. The van der Waals surface area contributed by atoms with Gasteiger partial charge in [0.2, 0.25) is 0 Å². The Morgan fingerprint density at radius 1 is 1.18 bits per heavy atom. The van der Waals surface area contributed by atoms with Crippen molar-refractivity contribution in [3.63, 3.8) is 0 Å². The zero-order valence-electron chi connectivity index (χ0n) is 15.5. The van der Waals surface area contributed by atoms with Gasteiger partial charge in [0.25, 0.3) is 5.91 Å². The van der Waals surface area contributed by atoms with Crippen LogP contribution in [0.4, 0.5) is 5.82 Å². The Hall–Kier alpha value is -2.74. The van der Waals surface area contributed by atoms with Crippen molar-refractivity contribution in [1.29, 1.82) is 0 Å². The van der Waals surface area contributed by atoms with E-state index >= 15 is 0 Å². The highest BCUT2D eigenvalue weighted by Crippen LogP contribution is 2.19. The van der Waals surface area contributed by atoms with Crippen molar-refractivity contribution >= 4 is 27.7 Å². The molecule has 1 aliphatic heterocycles. The Balaban J connectivity index is 1.40. The molecule has 1 fully saturated rings. The van der Waals surface area contributed by atoms with E-state index in [1.54, 1.807) is 10.9 Å². The van der Waals surface area contributed by atoms with Crippen LogP contribution in [0.25, 0.3) is 5.69 Å². The molecule has 144 valence electrons. The summed E-state index contributed by atoms with van der Waals surface area (Å²) >= 11 is 3.46. The molecule has 1 aliphatic rings. The molecule has 0 unspecified atom stereocenters. The van der Waals surface area contributed by atoms with Gasteiger partial charge in [0, 0.05) is 29.8 Å². The van der Waals surface area contributed by atoms with Crippen molar-refractivity contribution in [3.05, 3.63) is 64.5 Å². The van der Waals surface area contributed by atoms with Crippen LogP contribution in [-0.4, -0.2) is 45.0 Å². The second-order valence-electron chi connectivity index (χ2n) is 6.84. The molecule has 8 heteroatoms. The van der Waals surface area contributed by atoms with Gasteiger partial charge in [-0.05, 0) is 50.1 Å². The number of amides is 1. The molecule has 0 atom stereocenters. The molecule has 4 rings (SSSR count). The predicted molar refractivity (Wildman–Crippen MR) is 111 cm³/mol. The third kappa shape index (κ3) is 3.91. The first kappa shape index (κ1) is 18.6. The first-order valence-corrected chi connectivity index (χ1v) is 10.1. The third-order valence-electron chi connectivity index (χ3n) is 4.97. The maximum atomic E-state index is 12.7. The molecule has 1 aromatic carbocycles. The van der Waals surface area contributed by atoms with Crippen molar-refractivity contribution in [2.24, 2.45) is 0 Å². The van der Waals surface area contributed by atoms with Gasteiger partial charge in [-0.15, -0.1) is 5.10 Å². The van der Waals surface area contributed by atoms with E-state index in [-0.39, 0.29) is 11.9 Å². The van der Waals surface area contributed by atoms with Gasteiger partial charge in [-0.25, -0.2) is 9.67 Å². The van der Waals surface area contributed by atoms with Gasteiger partial charge in [0.1, 0.15) is 5.82 Å². The monoisotopic (exact) mass is 440 g/mol. The lowest BCUT2D eigenvalue weighted by atomic mass is 10.0. The van der Waals surface area contributed by atoms with Gasteiger partial charge >= 0.3 is 0 Å². The molecule has 0 spiro atoms. The molecule has 0 radical (unpaired) electrons. The minimum absolute atomic E-state index is 0.128. The van der Waals surface area contributed by atoms with Crippen molar-refractivity contribution in [2.45, 2.75) is 25.8 Å². The highest BCUT2D eigenvalue weighted by molar-refractivity contribution is 9.10. The van der Waals surface area contributed by atoms with E-state index in [1.807, 2.05) is 49.4 Å². The molecular formula is C20H21BrN6O. The van der Waals surface area contributed by atoms with Gasteiger partial charge in [-0.3, -0.25) is 4.79 Å². The molecule has 2 aromatic heterocycles. The van der Waals surface area contributed by atoms with Crippen LogP contribution in [-0.2, 0) is 0 Å². The molecular weight excluding hydrogens is 420 g/mol. The maximum absolute atomic E-state index is 12.7. The summed E-state index contributed by atoms with van der Waals surface area (Å²) in [6.45, 7) is 3.59. The summed E-state index contributed by atoms with van der Waals surface area (Å²) in [6.07, 6.45) is 3.56. The Labute approximate surface area is 171 Å². The van der Waals surface area contributed by atoms with Crippen LogP contribution in [0.2, 0.25) is 0 Å². The van der Waals surface area contributed by atoms with Crippen LogP contribution in [0, 0.1) is 6.92 Å². The highest BCUT2D eigenvalue weighted by atomic mass is 79.9. The first-order valence-electron chi connectivity index (χ1n) is 9.27. The summed E-state index contributed by atoms with van der Waals surface area (Å²) in [5.74, 6) is 0.815. The smallest absolute Gasteiger partial charge is 0.273 e. The second-order valence-corrected chi connectivity index (χ2v) is 7.75. The van der Waals surface area contributed by atoms with Crippen molar-refractivity contribution in [3.8, 4) is 5.69 Å². The molecule has 0 bridgehead atoms. The van der Waals surface area contributed by atoms with Gasteiger partial charge in [-0.2, -0.15) is 0 Å². The third-order valence-corrected chi connectivity index (χ3v) is 5.46. The number of hydrogen-bond donors (Lipinski definition) is 1. The Kier molecular flexibility index (Phi) is 5.38. The van der Waals surface area contributed by atoms with Gasteiger partial charge < -0.3 is 10.2 Å². The lowest BCUT2D eigenvalue weighted by Gasteiger charge is -2.33. The van der Waals surface area contributed by atoms with E-state index in [2.05, 4.69) is 41.4 Å². The quantitative estimate of drug-likeness (QED) is 0.674. The van der Waals surface area contributed by atoms with Gasteiger partial charge in [0.15, 0.2) is 5.69 Å². The number of halogens is 1. The number of pyridine rings is 1. The van der Waals surface area contributed by atoms with E-state index in [9.17, 15) is 4.79 Å². The number of piperidine rings is 1. The second kappa shape index (κ2) is 8.10. The van der Waals surface area contributed by atoms with E-state index in [0.29, 0.717) is 5.69 Å². The summed E-state index contributed by atoms with van der Waals surface area (Å²) in [4.78, 5) is 19.4. The average Bonchev–Trinajstić information content (AvgIpc) is 3.11. The first-order chi connectivity index (χ1) is 13.6. The molecule has 28 heavy (non-hydrogen) atoms. The fourth-order valence-corrected chi connectivity index (χ4v) is 3.83. The maximum Gasteiger partial charge on any atom is 0.273 e. The van der Waals surface area contributed by atoms with Crippen LogP contribution < -0.4 is 10.2 Å². The summed E-state index contributed by atoms with van der Waals surface area (Å²) in [7, 11) is 0. The fourth-order valence-electron chi connectivity index (χ4n) is 3.44. The summed E-state index contributed by atoms with van der Waals surface area (Å²) < 4.78 is 2.63. The zero-order chi connectivity index (χ0) is 19.5. The standard InChI is InChI=1S/C20H21BrN6O/c1-14-19(24-25-27(14)17-6-4-5-15(21)13-17)20(28)23-16-8-11-26(12-9-16)18-7-2-3-10-22-18/h2-7,10,13,16H,8-9,11-12H2,1H3,(H,23,28). The number of carbonyl (C=O) groups is 1. The van der Waals surface area contributed by atoms with E-state index in [1.165, 1.54) is 0 Å². The number of nitrogens with zero attached hydrogens (tertiary/aromatic N) is 5.